The molecule has 0 aliphatic rings. The van der Waals surface area contributed by atoms with E-state index in [4.69, 9.17) is 10.5 Å². The first-order valence-corrected chi connectivity index (χ1v) is 7.27. The van der Waals surface area contributed by atoms with Gasteiger partial charge in [-0.05, 0) is 50.6 Å². The number of hydrogen-bond acceptors (Lipinski definition) is 3. The summed E-state index contributed by atoms with van der Waals surface area (Å²) in [4.78, 5) is 2.48. The molecule has 2 unspecified atom stereocenters. The summed E-state index contributed by atoms with van der Waals surface area (Å²) >= 11 is 0. The Bertz CT molecular complexity index is 344. The minimum atomic E-state index is 0.0454. The van der Waals surface area contributed by atoms with E-state index in [-0.39, 0.29) is 6.04 Å². The fourth-order valence-corrected chi connectivity index (χ4v) is 2.43. The SMILES string of the molecule is CCCN(CCC)C(C)C(N)c1ccc(OC)cc1. The molecule has 0 saturated carbocycles. The highest BCUT2D eigenvalue weighted by Crippen LogP contribution is 2.21. The summed E-state index contributed by atoms with van der Waals surface area (Å²) < 4.78 is 5.18. The van der Waals surface area contributed by atoms with Gasteiger partial charge in [-0.25, -0.2) is 0 Å². The molecule has 0 saturated heterocycles. The summed E-state index contributed by atoms with van der Waals surface area (Å²) in [5, 5.41) is 0. The third-order valence-corrected chi connectivity index (χ3v) is 3.62. The summed E-state index contributed by atoms with van der Waals surface area (Å²) in [7, 11) is 1.68. The minimum absolute atomic E-state index is 0.0454. The standard InChI is InChI=1S/C16H28N2O/c1-5-11-18(12-6-2)13(3)16(17)14-7-9-15(19-4)10-8-14/h7-10,13,16H,5-6,11-12,17H2,1-4H3. The van der Waals surface area contributed by atoms with Crippen molar-refractivity contribution in [3.8, 4) is 5.75 Å². The Morgan fingerprint density at radius 1 is 1.11 bits per heavy atom. The van der Waals surface area contributed by atoms with Gasteiger partial charge in [0.2, 0.25) is 0 Å². The van der Waals surface area contributed by atoms with Gasteiger partial charge in [-0.3, -0.25) is 4.90 Å². The van der Waals surface area contributed by atoms with E-state index in [1.165, 1.54) is 18.4 Å². The molecule has 1 aromatic carbocycles. The first-order chi connectivity index (χ1) is 9.13. The van der Waals surface area contributed by atoms with Crippen LogP contribution in [0.3, 0.4) is 0 Å². The van der Waals surface area contributed by atoms with Crippen LogP contribution < -0.4 is 10.5 Å². The Hall–Kier alpha value is -1.06. The maximum Gasteiger partial charge on any atom is 0.118 e. The summed E-state index contributed by atoms with van der Waals surface area (Å²) in [5.74, 6) is 0.877. The highest BCUT2D eigenvalue weighted by atomic mass is 16.5. The Balaban J connectivity index is 2.74. The molecular weight excluding hydrogens is 236 g/mol. The number of hydrogen-bond donors (Lipinski definition) is 1. The summed E-state index contributed by atoms with van der Waals surface area (Å²) in [6.07, 6.45) is 2.33. The Kier molecular flexibility index (Phi) is 6.89. The molecule has 0 heterocycles. The molecule has 1 rings (SSSR count). The van der Waals surface area contributed by atoms with Gasteiger partial charge in [-0.2, -0.15) is 0 Å². The largest absolute Gasteiger partial charge is 0.497 e. The van der Waals surface area contributed by atoms with Crippen LogP contribution >= 0.6 is 0 Å². The van der Waals surface area contributed by atoms with Crippen LogP contribution in [-0.2, 0) is 0 Å². The number of ether oxygens (including phenoxy) is 1. The van der Waals surface area contributed by atoms with Crippen molar-refractivity contribution < 1.29 is 4.74 Å². The van der Waals surface area contributed by atoms with Crippen molar-refractivity contribution in [1.29, 1.82) is 0 Å². The molecule has 2 N–H and O–H groups in total. The lowest BCUT2D eigenvalue weighted by Crippen LogP contribution is -2.41. The predicted molar refractivity (Wildman–Crippen MR) is 81.5 cm³/mol. The van der Waals surface area contributed by atoms with Gasteiger partial charge in [0, 0.05) is 12.1 Å². The molecule has 3 nitrogen and oxygen atoms in total. The van der Waals surface area contributed by atoms with E-state index in [2.05, 4.69) is 37.8 Å². The molecule has 2 atom stereocenters. The first kappa shape index (κ1) is 16.0. The van der Waals surface area contributed by atoms with Gasteiger partial charge < -0.3 is 10.5 Å². The van der Waals surface area contributed by atoms with Crippen molar-refractivity contribution in [2.75, 3.05) is 20.2 Å². The van der Waals surface area contributed by atoms with Crippen LogP contribution in [0.1, 0.15) is 45.2 Å². The monoisotopic (exact) mass is 264 g/mol. The van der Waals surface area contributed by atoms with Crippen molar-refractivity contribution >= 4 is 0 Å². The van der Waals surface area contributed by atoms with Gasteiger partial charge >= 0.3 is 0 Å². The molecule has 0 bridgehead atoms. The molecule has 0 spiro atoms. The second-order valence-corrected chi connectivity index (χ2v) is 5.08. The van der Waals surface area contributed by atoms with E-state index >= 15 is 0 Å². The average molecular weight is 264 g/mol. The molecule has 3 heteroatoms. The zero-order valence-electron chi connectivity index (χ0n) is 12.7. The number of nitrogens with zero attached hydrogens (tertiary/aromatic N) is 1. The van der Waals surface area contributed by atoms with Crippen LogP contribution in [0.25, 0.3) is 0 Å². The molecule has 19 heavy (non-hydrogen) atoms. The lowest BCUT2D eigenvalue weighted by Gasteiger charge is -2.33. The van der Waals surface area contributed by atoms with E-state index in [0.717, 1.165) is 18.8 Å². The number of benzene rings is 1. The van der Waals surface area contributed by atoms with Gasteiger partial charge in [0.05, 0.1) is 7.11 Å². The van der Waals surface area contributed by atoms with Crippen molar-refractivity contribution in [3.05, 3.63) is 29.8 Å². The maximum absolute atomic E-state index is 6.41. The van der Waals surface area contributed by atoms with Crippen molar-refractivity contribution in [3.63, 3.8) is 0 Å². The van der Waals surface area contributed by atoms with Gasteiger partial charge in [0.1, 0.15) is 5.75 Å². The van der Waals surface area contributed by atoms with Gasteiger partial charge in [0.25, 0.3) is 0 Å². The first-order valence-electron chi connectivity index (χ1n) is 7.27. The highest BCUT2D eigenvalue weighted by molar-refractivity contribution is 5.29. The molecule has 0 fully saturated rings. The summed E-state index contributed by atoms with van der Waals surface area (Å²) in [5.41, 5.74) is 7.58. The third-order valence-electron chi connectivity index (χ3n) is 3.62. The van der Waals surface area contributed by atoms with Crippen LogP contribution in [0.4, 0.5) is 0 Å². The molecular formula is C16H28N2O. The number of nitrogens with two attached hydrogens (primary N) is 1. The molecule has 0 radical (unpaired) electrons. The molecule has 1 aromatic rings. The fourth-order valence-electron chi connectivity index (χ4n) is 2.43. The maximum atomic E-state index is 6.41. The lowest BCUT2D eigenvalue weighted by atomic mass is 9.99. The van der Waals surface area contributed by atoms with Crippen LogP contribution in [-0.4, -0.2) is 31.1 Å². The zero-order chi connectivity index (χ0) is 14.3. The van der Waals surface area contributed by atoms with E-state index < -0.39 is 0 Å². The quantitative estimate of drug-likeness (QED) is 0.783. The highest BCUT2D eigenvalue weighted by Gasteiger charge is 2.20. The van der Waals surface area contributed by atoms with E-state index in [0.29, 0.717) is 6.04 Å². The zero-order valence-corrected chi connectivity index (χ0v) is 12.7. The third kappa shape index (κ3) is 4.51. The summed E-state index contributed by atoms with van der Waals surface area (Å²) in [6.45, 7) is 8.88. The Morgan fingerprint density at radius 2 is 1.63 bits per heavy atom. The fraction of sp³-hybridized carbons (Fsp3) is 0.625. The normalized spacial score (nSPS) is 14.4. The second kappa shape index (κ2) is 8.18. The Labute approximate surface area is 117 Å². The minimum Gasteiger partial charge on any atom is -0.497 e. The average Bonchev–Trinajstić information content (AvgIpc) is 2.45. The van der Waals surface area contributed by atoms with E-state index in [9.17, 15) is 0 Å². The molecule has 0 aliphatic carbocycles. The van der Waals surface area contributed by atoms with Crippen molar-refractivity contribution in [2.24, 2.45) is 5.73 Å². The van der Waals surface area contributed by atoms with E-state index in [1.807, 2.05) is 12.1 Å². The van der Waals surface area contributed by atoms with Crippen LogP contribution in [0.2, 0.25) is 0 Å². The van der Waals surface area contributed by atoms with Crippen LogP contribution in [0.5, 0.6) is 5.75 Å². The molecule has 108 valence electrons. The van der Waals surface area contributed by atoms with Gasteiger partial charge in [-0.1, -0.05) is 26.0 Å². The van der Waals surface area contributed by atoms with E-state index in [1.54, 1.807) is 7.11 Å². The molecule has 0 aliphatic heterocycles. The Morgan fingerprint density at radius 3 is 2.05 bits per heavy atom. The summed E-state index contributed by atoms with van der Waals surface area (Å²) in [6, 6.07) is 8.49. The molecule has 0 aromatic heterocycles. The lowest BCUT2D eigenvalue weighted by molar-refractivity contribution is 0.184. The number of rotatable bonds is 8. The number of methoxy groups -OCH3 is 1. The second-order valence-electron chi connectivity index (χ2n) is 5.08. The predicted octanol–water partition coefficient (Wildman–Crippen LogP) is 3.21. The smallest absolute Gasteiger partial charge is 0.118 e. The van der Waals surface area contributed by atoms with Crippen molar-refractivity contribution in [2.45, 2.75) is 45.7 Å². The van der Waals surface area contributed by atoms with Crippen LogP contribution in [0.15, 0.2) is 24.3 Å². The van der Waals surface area contributed by atoms with Gasteiger partial charge in [0.15, 0.2) is 0 Å². The van der Waals surface area contributed by atoms with Crippen molar-refractivity contribution in [1.82, 2.24) is 4.90 Å². The topological polar surface area (TPSA) is 38.5 Å². The van der Waals surface area contributed by atoms with Gasteiger partial charge in [-0.15, -0.1) is 0 Å². The molecule has 0 amide bonds. The van der Waals surface area contributed by atoms with Crippen LogP contribution in [0, 0.1) is 0 Å².